The van der Waals surface area contributed by atoms with Crippen molar-refractivity contribution < 1.29 is 14.3 Å². The number of pyridine rings is 1. The van der Waals surface area contributed by atoms with Gasteiger partial charge in [-0.3, -0.25) is 9.59 Å². The summed E-state index contributed by atoms with van der Waals surface area (Å²) in [4.78, 5) is 36.9. The lowest BCUT2D eigenvalue weighted by atomic mass is 10.1. The molecular weight excluding hydrogens is 646 g/mol. The molecule has 12 nitrogen and oxygen atoms in total. The van der Waals surface area contributed by atoms with Gasteiger partial charge in [-0.1, -0.05) is 60.7 Å². The zero-order valence-corrected chi connectivity index (χ0v) is 28.9. The molecular formula is C39H39N7O5. The predicted molar refractivity (Wildman–Crippen MR) is 198 cm³/mol. The minimum absolute atomic E-state index is 0.202. The molecule has 2 N–H and O–H groups in total. The molecule has 12 heteroatoms. The van der Waals surface area contributed by atoms with E-state index in [-0.39, 0.29) is 17.1 Å². The van der Waals surface area contributed by atoms with E-state index in [9.17, 15) is 19.6 Å². The highest BCUT2D eigenvalue weighted by Gasteiger charge is 2.13. The Labute approximate surface area is 295 Å². The van der Waals surface area contributed by atoms with Gasteiger partial charge in [-0.15, -0.1) is 0 Å². The van der Waals surface area contributed by atoms with Crippen molar-refractivity contribution in [3.8, 4) is 22.5 Å². The van der Waals surface area contributed by atoms with Crippen LogP contribution in [0.25, 0.3) is 22.5 Å². The maximum Gasteiger partial charge on any atom is 0.338 e. The second-order valence-electron chi connectivity index (χ2n) is 11.3. The van der Waals surface area contributed by atoms with Crippen molar-refractivity contribution in [2.75, 3.05) is 17.2 Å². The van der Waals surface area contributed by atoms with E-state index in [0.29, 0.717) is 64.1 Å². The summed E-state index contributed by atoms with van der Waals surface area (Å²) in [5, 5.41) is 26.5. The molecule has 51 heavy (non-hydrogen) atoms. The van der Waals surface area contributed by atoms with Gasteiger partial charge in [-0.05, 0) is 69.7 Å². The molecule has 0 aliphatic heterocycles. The van der Waals surface area contributed by atoms with E-state index in [1.54, 1.807) is 49.4 Å². The molecule has 0 aliphatic rings. The molecule has 0 bridgehead atoms. The zero-order chi connectivity index (χ0) is 36.3. The molecule has 6 rings (SSSR count). The van der Waals surface area contributed by atoms with Crippen molar-refractivity contribution in [3.05, 3.63) is 153 Å². The van der Waals surface area contributed by atoms with Gasteiger partial charge in [0, 0.05) is 36.0 Å². The smallest absolute Gasteiger partial charge is 0.338 e. The average Bonchev–Trinajstić information content (AvgIpc) is 3.16. The Kier molecular flexibility index (Phi) is 11.7. The number of carbonyl (C=O) groups is 1. The zero-order valence-electron chi connectivity index (χ0n) is 28.9. The Morgan fingerprint density at radius 2 is 1.24 bits per heavy atom. The average molecular weight is 686 g/mol. The first-order valence-corrected chi connectivity index (χ1v) is 16.6. The topological polar surface area (TPSA) is 147 Å². The molecule has 0 saturated heterocycles. The second-order valence-corrected chi connectivity index (χ2v) is 11.3. The van der Waals surface area contributed by atoms with Crippen molar-refractivity contribution in [1.82, 2.24) is 19.6 Å². The number of aromatic nitrogens is 5. The normalized spacial score (nSPS) is 10.5. The van der Waals surface area contributed by atoms with Gasteiger partial charge in [0.15, 0.2) is 6.20 Å². The monoisotopic (exact) mass is 685 g/mol. The van der Waals surface area contributed by atoms with Crippen LogP contribution in [0.2, 0.25) is 0 Å². The molecule has 0 radical (unpaired) electrons. The van der Waals surface area contributed by atoms with E-state index in [4.69, 9.17) is 4.74 Å². The number of nitrogens with one attached hydrogen (secondary N) is 2. The maximum atomic E-state index is 12.6. The van der Waals surface area contributed by atoms with E-state index in [0.717, 1.165) is 16.7 Å². The van der Waals surface area contributed by atoms with Crippen molar-refractivity contribution in [2.45, 2.75) is 40.8 Å². The van der Waals surface area contributed by atoms with Crippen molar-refractivity contribution in [3.63, 3.8) is 0 Å². The van der Waals surface area contributed by atoms with Gasteiger partial charge in [-0.2, -0.15) is 14.9 Å². The van der Waals surface area contributed by atoms with Gasteiger partial charge in [0.1, 0.15) is 17.1 Å². The molecule has 6 aromatic rings. The number of esters is 1. The van der Waals surface area contributed by atoms with Gasteiger partial charge in [0.25, 0.3) is 11.1 Å². The molecule has 0 fully saturated rings. The first-order chi connectivity index (χ1) is 24.7. The maximum absolute atomic E-state index is 12.6. The summed E-state index contributed by atoms with van der Waals surface area (Å²) in [6.07, 6.45) is 2.83. The number of nitrogens with zero attached hydrogens (tertiary/aromatic N) is 5. The lowest BCUT2D eigenvalue weighted by Crippen LogP contribution is -2.27. The molecule has 260 valence electrons. The summed E-state index contributed by atoms with van der Waals surface area (Å²) in [7, 11) is 0. The Balaban J connectivity index is 0.000000199. The van der Waals surface area contributed by atoms with Crippen LogP contribution in [0, 0.1) is 12.1 Å². The van der Waals surface area contributed by atoms with Crippen LogP contribution in [0.5, 0.6) is 0 Å². The van der Waals surface area contributed by atoms with Crippen LogP contribution in [0.1, 0.15) is 36.7 Å². The highest BCUT2D eigenvalue weighted by atomic mass is 16.5. The number of carbonyl (C=O) groups excluding carboxylic acids is 1. The number of aryl methyl sites for hydroxylation is 3. The van der Waals surface area contributed by atoms with Crippen molar-refractivity contribution in [1.29, 1.82) is 0 Å². The Bertz CT molecular complexity index is 2220. The van der Waals surface area contributed by atoms with Crippen molar-refractivity contribution >= 4 is 28.7 Å². The number of hydrogen-bond acceptors (Lipinski definition) is 9. The minimum atomic E-state index is -0.368. The number of hydrogen-bond donors (Lipinski definition) is 2. The lowest BCUT2D eigenvalue weighted by Gasteiger charge is -2.12. The summed E-state index contributed by atoms with van der Waals surface area (Å²) in [5.41, 5.74) is 6.29. The second kappa shape index (κ2) is 16.7. The third-order valence-electron chi connectivity index (χ3n) is 7.78. The van der Waals surface area contributed by atoms with E-state index in [1.165, 1.54) is 21.8 Å². The highest BCUT2D eigenvalue weighted by Crippen LogP contribution is 2.22. The standard InChI is InChI=1S/C21H21N3O3.C18H18N4O2/c1-3-24-20(25)19(14-18(23-24)15-8-6-5-7-9-15)22-17-12-10-16(11-13-17)21(26)27-4-2;1-3-22-18(23)16(19-17-12-21(24)10-9-13(17)2)11-15(20-22)14-7-5-4-6-8-14/h5-14,22H,3-4H2,1-2H3;4-12,19H,3H2,1-2H3. The van der Waals surface area contributed by atoms with E-state index < -0.39 is 0 Å². The Hall–Kier alpha value is -6.56. The number of ether oxygens (including phenoxy) is 1. The fraction of sp³-hybridized carbons (Fsp3) is 0.179. The first-order valence-electron chi connectivity index (χ1n) is 16.6. The summed E-state index contributed by atoms with van der Waals surface area (Å²) >= 11 is 0. The predicted octanol–water partition coefficient (Wildman–Crippen LogP) is 6.47. The van der Waals surface area contributed by atoms with Crippen molar-refractivity contribution in [2.24, 2.45) is 0 Å². The van der Waals surface area contributed by atoms with E-state index in [1.807, 2.05) is 81.4 Å². The highest BCUT2D eigenvalue weighted by molar-refractivity contribution is 5.90. The SMILES string of the molecule is CCOC(=O)c1ccc(Nc2cc(-c3ccccc3)nn(CC)c2=O)cc1.CCn1nc(-c2ccccc2)cc(Nc2c[n+]([O-])ccc2C)c1=O. The molecule has 0 aliphatic carbocycles. The Morgan fingerprint density at radius 1 is 0.725 bits per heavy atom. The first kappa shape index (κ1) is 35.7. The summed E-state index contributed by atoms with van der Waals surface area (Å²) in [6, 6.07) is 31.3. The van der Waals surface area contributed by atoms with Gasteiger partial charge < -0.3 is 20.6 Å². The third-order valence-corrected chi connectivity index (χ3v) is 7.78. The molecule has 0 saturated carbocycles. The van der Waals surface area contributed by atoms with Crippen LogP contribution < -0.4 is 26.5 Å². The molecule has 3 aromatic carbocycles. The molecule has 3 aromatic heterocycles. The van der Waals surface area contributed by atoms with Gasteiger partial charge in [0.2, 0.25) is 6.20 Å². The number of rotatable bonds is 10. The number of benzene rings is 3. The summed E-state index contributed by atoms with van der Waals surface area (Å²) < 4.78 is 8.52. The van der Waals surface area contributed by atoms with E-state index in [2.05, 4.69) is 20.8 Å². The van der Waals surface area contributed by atoms with Crippen LogP contribution >= 0.6 is 0 Å². The van der Waals surface area contributed by atoms with Crippen LogP contribution in [-0.4, -0.2) is 32.1 Å². The van der Waals surface area contributed by atoms with E-state index >= 15 is 0 Å². The third kappa shape index (κ3) is 8.92. The minimum Gasteiger partial charge on any atom is -0.619 e. The fourth-order valence-corrected chi connectivity index (χ4v) is 5.07. The lowest BCUT2D eigenvalue weighted by molar-refractivity contribution is -0.604. The molecule has 3 heterocycles. The molecule has 0 atom stereocenters. The summed E-state index contributed by atoms with van der Waals surface area (Å²) in [5.74, 6) is -0.368. The number of anilines is 4. The molecule has 0 unspecified atom stereocenters. The molecule has 0 spiro atoms. The van der Waals surface area contributed by atoms with Gasteiger partial charge >= 0.3 is 5.97 Å². The van der Waals surface area contributed by atoms with Crippen LogP contribution in [0.15, 0.2) is 125 Å². The quantitative estimate of drug-likeness (QED) is 0.0941. The largest absolute Gasteiger partial charge is 0.619 e. The molecule has 0 amide bonds. The van der Waals surface area contributed by atoms with Gasteiger partial charge in [-0.25, -0.2) is 14.2 Å². The fourth-order valence-electron chi connectivity index (χ4n) is 5.07. The van der Waals surface area contributed by atoms with Crippen LogP contribution in [0.3, 0.4) is 0 Å². The summed E-state index contributed by atoms with van der Waals surface area (Å²) in [6.45, 7) is 8.64. The van der Waals surface area contributed by atoms with Crippen LogP contribution in [-0.2, 0) is 17.8 Å². The van der Waals surface area contributed by atoms with Crippen LogP contribution in [0.4, 0.5) is 22.7 Å². The Morgan fingerprint density at radius 3 is 1.73 bits per heavy atom. The van der Waals surface area contributed by atoms with Gasteiger partial charge in [0.05, 0.1) is 23.6 Å².